The number of allylic oxidation sites excluding steroid dienone is 5. The molecule has 0 N–H and O–H groups in total. The van der Waals surface area contributed by atoms with Gasteiger partial charge in [0.2, 0.25) is 0 Å². The summed E-state index contributed by atoms with van der Waals surface area (Å²) in [7, 11) is 0. The van der Waals surface area contributed by atoms with Gasteiger partial charge in [-0.2, -0.15) is 0 Å². The van der Waals surface area contributed by atoms with Gasteiger partial charge in [-0.1, -0.05) is 40.7 Å². The maximum atomic E-state index is 4.33. The first-order chi connectivity index (χ1) is 6.41. The number of aliphatic imine (C=N–C) groups is 1. The predicted molar refractivity (Wildman–Crippen MR) is 62.5 cm³/mol. The Hall–Kier alpha value is -1.07. The molecule has 1 nitrogen and oxygen atoms in total. The molecule has 0 atom stereocenters. The van der Waals surface area contributed by atoms with Crippen molar-refractivity contribution in [3.63, 3.8) is 0 Å². The maximum absolute atomic E-state index is 4.33. The van der Waals surface area contributed by atoms with Crippen LogP contribution in [0, 0.1) is 11.3 Å². The Bertz CT molecular complexity index is 329. The quantitative estimate of drug-likeness (QED) is 0.596. The molecular weight excluding hydrogens is 170 g/mol. The Labute approximate surface area is 86.9 Å². The fourth-order valence-corrected chi connectivity index (χ4v) is 1.21. The van der Waals surface area contributed by atoms with Crippen LogP contribution < -0.4 is 0 Å². The molecule has 0 aromatic rings. The van der Waals surface area contributed by atoms with Gasteiger partial charge in [-0.25, -0.2) is 4.99 Å². The van der Waals surface area contributed by atoms with Gasteiger partial charge in [0, 0.05) is 11.5 Å². The zero-order valence-corrected chi connectivity index (χ0v) is 9.76. The van der Waals surface area contributed by atoms with E-state index in [0.29, 0.717) is 5.92 Å². The lowest BCUT2D eigenvalue weighted by molar-refractivity contribution is 0.499. The van der Waals surface area contributed by atoms with Gasteiger partial charge in [-0.3, -0.25) is 0 Å². The lowest BCUT2D eigenvalue weighted by Crippen LogP contribution is -2.06. The minimum atomic E-state index is 0.101. The van der Waals surface area contributed by atoms with Crippen LogP contribution in [0.25, 0.3) is 0 Å². The average Bonchev–Trinajstić information content (AvgIpc) is 2.26. The molecule has 0 amide bonds. The van der Waals surface area contributed by atoms with Crippen molar-refractivity contribution < 1.29 is 0 Å². The van der Waals surface area contributed by atoms with Gasteiger partial charge in [0.15, 0.2) is 0 Å². The molecule has 0 aliphatic carbocycles. The van der Waals surface area contributed by atoms with E-state index in [4.69, 9.17) is 0 Å². The number of nitrogens with zero attached hydrogens (tertiary/aromatic N) is 1. The molecule has 0 saturated carbocycles. The Balaban J connectivity index is 3.03. The average molecular weight is 189 g/mol. The largest absolute Gasteiger partial charge is 0.210 e. The van der Waals surface area contributed by atoms with E-state index in [2.05, 4.69) is 57.6 Å². The van der Waals surface area contributed by atoms with Crippen molar-refractivity contribution in [2.75, 3.05) is 0 Å². The Morgan fingerprint density at radius 2 is 1.86 bits per heavy atom. The third kappa shape index (κ3) is 2.71. The Morgan fingerprint density at radius 1 is 1.21 bits per heavy atom. The van der Waals surface area contributed by atoms with Crippen LogP contribution in [0.3, 0.4) is 0 Å². The fraction of sp³-hybridized carbons (Fsp3) is 0.538. The summed E-state index contributed by atoms with van der Waals surface area (Å²) >= 11 is 0. The molecule has 0 saturated heterocycles. The summed E-state index contributed by atoms with van der Waals surface area (Å²) in [5, 5.41) is 0. The molecule has 1 heteroatoms. The summed E-state index contributed by atoms with van der Waals surface area (Å²) in [5.41, 5.74) is 2.47. The lowest BCUT2D eigenvalue weighted by atomic mass is 9.91. The summed E-state index contributed by atoms with van der Waals surface area (Å²) < 4.78 is 0. The second-order valence-electron chi connectivity index (χ2n) is 5.01. The zero-order valence-electron chi connectivity index (χ0n) is 9.76. The van der Waals surface area contributed by atoms with Crippen molar-refractivity contribution in [3.8, 4) is 0 Å². The van der Waals surface area contributed by atoms with Crippen molar-refractivity contribution in [2.45, 2.75) is 34.6 Å². The molecule has 0 bridgehead atoms. The second kappa shape index (κ2) is 3.98. The smallest absolute Gasteiger partial charge is 0.0557 e. The molecule has 0 spiro atoms. The van der Waals surface area contributed by atoms with E-state index in [1.165, 1.54) is 5.57 Å². The van der Waals surface area contributed by atoms with Crippen molar-refractivity contribution in [1.29, 1.82) is 0 Å². The third-order valence-electron chi connectivity index (χ3n) is 2.28. The van der Waals surface area contributed by atoms with Crippen molar-refractivity contribution in [2.24, 2.45) is 16.3 Å². The summed E-state index contributed by atoms with van der Waals surface area (Å²) in [6, 6.07) is 0. The van der Waals surface area contributed by atoms with Gasteiger partial charge in [-0.05, 0) is 23.4 Å². The number of rotatable bonds is 1. The first-order valence-electron chi connectivity index (χ1n) is 5.13. The van der Waals surface area contributed by atoms with Crippen LogP contribution in [0.15, 0.2) is 34.5 Å². The van der Waals surface area contributed by atoms with E-state index in [1.807, 2.05) is 6.08 Å². The van der Waals surface area contributed by atoms with E-state index < -0.39 is 0 Å². The number of hydrogen-bond acceptors (Lipinski definition) is 1. The second-order valence-corrected chi connectivity index (χ2v) is 5.01. The maximum Gasteiger partial charge on any atom is 0.0557 e. The fourth-order valence-electron chi connectivity index (χ4n) is 1.21. The van der Waals surface area contributed by atoms with E-state index in [9.17, 15) is 0 Å². The van der Waals surface area contributed by atoms with Crippen LogP contribution in [0.5, 0.6) is 0 Å². The molecular formula is C13H19N. The molecule has 1 aliphatic heterocycles. The molecule has 0 unspecified atom stereocenters. The zero-order chi connectivity index (χ0) is 10.8. The van der Waals surface area contributed by atoms with Gasteiger partial charge >= 0.3 is 0 Å². The minimum Gasteiger partial charge on any atom is -0.210 e. The van der Waals surface area contributed by atoms with E-state index >= 15 is 0 Å². The standard InChI is InChI=1S/C13H19N/c1-10(2)11-6-7-12(13(3,4)5)14-9-8-11/h6-8,10H,1-5H3. The van der Waals surface area contributed by atoms with Gasteiger partial charge in [0.25, 0.3) is 0 Å². The highest BCUT2D eigenvalue weighted by atomic mass is 14.7. The summed E-state index contributed by atoms with van der Waals surface area (Å²) in [4.78, 5) is 4.33. The highest BCUT2D eigenvalue weighted by Crippen LogP contribution is 2.27. The first kappa shape index (κ1) is 11.0. The van der Waals surface area contributed by atoms with Gasteiger partial charge in [0.05, 0.1) is 5.70 Å². The molecule has 1 rings (SSSR count). The summed E-state index contributed by atoms with van der Waals surface area (Å²) in [6.45, 7) is 10.9. The number of hydrogen-bond donors (Lipinski definition) is 0. The van der Waals surface area contributed by atoms with Crippen LogP contribution in [-0.2, 0) is 0 Å². The van der Waals surface area contributed by atoms with E-state index in [-0.39, 0.29) is 5.41 Å². The van der Waals surface area contributed by atoms with E-state index in [0.717, 1.165) is 5.70 Å². The predicted octanol–water partition coefficient (Wildman–Crippen LogP) is 3.74. The molecule has 76 valence electrons. The Morgan fingerprint density at radius 3 is 2.36 bits per heavy atom. The van der Waals surface area contributed by atoms with Crippen LogP contribution in [0.4, 0.5) is 0 Å². The van der Waals surface area contributed by atoms with Crippen molar-refractivity contribution >= 4 is 5.87 Å². The van der Waals surface area contributed by atoms with Crippen LogP contribution >= 0.6 is 0 Å². The highest BCUT2D eigenvalue weighted by Gasteiger charge is 2.16. The van der Waals surface area contributed by atoms with Crippen molar-refractivity contribution in [1.82, 2.24) is 0 Å². The first-order valence-corrected chi connectivity index (χ1v) is 5.13. The van der Waals surface area contributed by atoms with Crippen LogP contribution in [0.1, 0.15) is 34.6 Å². The minimum absolute atomic E-state index is 0.101. The molecule has 14 heavy (non-hydrogen) atoms. The molecule has 0 aromatic heterocycles. The molecule has 1 heterocycles. The topological polar surface area (TPSA) is 12.4 Å². The SMILES string of the molecule is CC(C)C1=CC=C(C(C)(C)C)N=C=C1. The normalized spacial score (nSPS) is 16.7. The van der Waals surface area contributed by atoms with Gasteiger partial charge in [0.1, 0.15) is 0 Å². The molecule has 0 aromatic carbocycles. The molecule has 1 aliphatic rings. The molecule has 0 fully saturated rings. The third-order valence-corrected chi connectivity index (χ3v) is 2.28. The van der Waals surface area contributed by atoms with E-state index in [1.54, 1.807) is 0 Å². The van der Waals surface area contributed by atoms with Gasteiger partial charge in [-0.15, -0.1) is 0 Å². The highest BCUT2D eigenvalue weighted by molar-refractivity contribution is 5.61. The molecule has 0 radical (unpaired) electrons. The van der Waals surface area contributed by atoms with Crippen molar-refractivity contribution in [3.05, 3.63) is 29.5 Å². The monoisotopic (exact) mass is 189 g/mol. The van der Waals surface area contributed by atoms with Crippen LogP contribution in [-0.4, -0.2) is 5.87 Å². The van der Waals surface area contributed by atoms with Crippen LogP contribution in [0.2, 0.25) is 0 Å². The van der Waals surface area contributed by atoms with Gasteiger partial charge < -0.3 is 0 Å². The summed E-state index contributed by atoms with van der Waals surface area (Å²) in [5.74, 6) is 3.53. The lowest BCUT2D eigenvalue weighted by Gasteiger charge is -2.17. The Kier molecular flexibility index (Phi) is 3.13. The summed E-state index contributed by atoms with van der Waals surface area (Å²) in [6.07, 6.45) is 6.22.